The number of carboxylic acids is 2. The molecule has 0 amide bonds. The van der Waals surface area contributed by atoms with Crippen LogP contribution in [0.15, 0.2) is 0 Å². The molecule has 0 spiro atoms. The molecule has 0 aromatic rings. The first-order valence-electron chi connectivity index (χ1n) is 2.02. The Morgan fingerprint density at radius 1 is 1.30 bits per heavy atom. The molecule has 56 valence electrons. The minimum Gasteiger partial charge on any atom is -0.481 e. The summed E-state index contributed by atoms with van der Waals surface area (Å²) in [5, 5.41) is 20.8. The zero-order valence-electron chi connectivity index (χ0n) is 4.83. The maximum atomic E-state index is 9.43. The van der Waals surface area contributed by atoms with Crippen LogP contribution in [0.3, 0.4) is 0 Å². The fourth-order valence-corrected chi connectivity index (χ4v) is 0.129. The second kappa shape index (κ2) is 7.32. The summed E-state index contributed by atoms with van der Waals surface area (Å²) in [5.41, 5.74) is 0. The Balaban J connectivity index is 0. The quantitative estimate of drug-likeness (QED) is 0.275. The molecule has 3 N–H and O–H groups in total. The van der Waals surface area contributed by atoms with E-state index in [2.05, 4.69) is 0 Å². The Kier molecular flexibility index (Phi) is 8.17. The molecular weight excluding hydrogens is 142 g/mol. The maximum Gasteiger partial charge on any atom is 0.314 e. The Hall–Kier alpha value is -1.68. The van der Waals surface area contributed by atoms with Crippen LogP contribution in [-0.2, 0) is 14.4 Å². The van der Waals surface area contributed by atoms with Gasteiger partial charge in [0.2, 0.25) is 6.08 Å². The number of rotatable bonds is 2. The summed E-state index contributed by atoms with van der Waals surface area (Å²) in [6, 6.07) is 0. The van der Waals surface area contributed by atoms with E-state index in [9.17, 15) is 9.59 Å². The fraction of sp³-hybridized carbons (Fsp3) is 0.250. The second-order valence-corrected chi connectivity index (χ2v) is 1.07. The van der Waals surface area contributed by atoms with Crippen LogP contribution < -0.4 is 0 Å². The molecule has 0 radical (unpaired) electrons. The number of isocyanates is 1. The highest BCUT2D eigenvalue weighted by molar-refractivity contribution is 5.88. The van der Waals surface area contributed by atoms with Crippen LogP contribution in [0.5, 0.6) is 0 Å². The minimum absolute atomic E-state index is 0.750. The number of hydrogen-bond acceptors (Lipinski definition) is 4. The van der Waals surface area contributed by atoms with Crippen LogP contribution in [0.25, 0.3) is 0 Å². The first-order chi connectivity index (χ1) is 4.54. The summed E-state index contributed by atoms with van der Waals surface area (Å²) in [5.74, 6) is -2.62. The van der Waals surface area contributed by atoms with E-state index in [0.29, 0.717) is 0 Å². The van der Waals surface area contributed by atoms with Gasteiger partial charge in [0.15, 0.2) is 0 Å². The normalized spacial score (nSPS) is 6.40. The summed E-state index contributed by atoms with van der Waals surface area (Å²) in [4.78, 5) is 27.2. The van der Waals surface area contributed by atoms with Crippen molar-refractivity contribution in [1.82, 2.24) is 0 Å². The van der Waals surface area contributed by atoms with Crippen molar-refractivity contribution in [3.63, 3.8) is 0 Å². The van der Waals surface area contributed by atoms with Crippen LogP contribution in [0.1, 0.15) is 6.42 Å². The van der Waals surface area contributed by atoms with Gasteiger partial charge in [-0.25, -0.2) is 10.2 Å². The summed E-state index contributed by atoms with van der Waals surface area (Å²) in [6.07, 6.45) is -0.0556. The molecule has 0 aromatic heterocycles. The Bertz CT molecular complexity index is 145. The molecule has 0 fully saturated rings. The molecule has 0 atom stereocenters. The summed E-state index contributed by atoms with van der Waals surface area (Å²) in [7, 11) is 0. The van der Waals surface area contributed by atoms with Crippen LogP contribution in [0.2, 0.25) is 0 Å². The molecule has 0 saturated carbocycles. The molecule has 0 unspecified atom stereocenters. The molecule has 0 aromatic carbocycles. The topological polar surface area (TPSA) is 116 Å². The molecule has 0 heterocycles. The van der Waals surface area contributed by atoms with Gasteiger partial charge in [-0.2, -0.15) is 0 Å². The fourth-order valence-electron chi connectivity index (χ4n) is 0.129. The number of carboxylic acid groups (broad SMARTS) is 2. The molecule has 0 aliphatic carbocycles. The highest BCUT2D eigenvalue weighted by atomic mass is 16.4. The summed E-state index contributed by atoms with van der Waals surface area (Å²) in [6.45, 7) is 0. The molecule has 0 aliphatic heterocycles. The van der Waals surface area contributed by atoms with E-state index in [1.165, 1.54) is 0 Å². The van der Waals surface area contributed by atoms with Crippen LogP contribution in [0, 0.1) is 5.41 Å². The molecular formula is C4H5NO5. The standard InChI is InChI=1S/C3H4O4.CHNO/c4-2(5)1-3(6)7;2-1-3/h1H2,(H,4,5)(H,6,7);2H. The lowest BCUT2D eigenvalue weighted by Gasteiger charge is -1.80. The first-order valence-corrected chi connectivity index (χ1v) is 2.02. The summed E-state index contributed by atoms with van der Waals surface area (Å²) >= 11 is 0. The van der Waals surface area contributed by atoms with E-state index in [1.807, 2.05) is 0 Å². The second-order valence-electron chi connectivity index (χ2n) is 1.07. The molecule has 6 nitrogen and oxygen atoms in total. The Morgan fingerprint density at radius 3 is 1.50 bits per heavy atom. The van der Waals surface area contributed by atoms with Crippen molar-refractivity contribution >= 4 is 18.0 Å². The predicted octanol–water partition coefficient (Wildman–Crippen LogP) is -0.553. The number of carbonyl (C=O) groups excluding carboxylic acids is 1. The van der Waals surface area contributed by atoms with E-state index in [0.717, 1.165) is 6.08 Å². The van der Waals surface area contributed by atoms with E-state index in [-0.39, 0.29) is 0 Å². The average molecular weight is 147 g/mol. The van der Waals surface area contributed by atoms with Gasteiger partial charge < -0.3 is 10.2 Å². The van der Waals surface area contributed by atoms with Gasteiger partial charge in [-0.1, -0.05) is 0 Å². The van der Waals surface area contributed by atoms with Gasteiger partial charge in [0.25, 0.3) is 0 Å². The Morgan fingerprint density at radius 2 is 1.50 bits per heavy atom. The van der Waals surface area contributed by atoms with Crippen LogP contribution >= 0.6 is 0 Å². The highest BCUT2D eigenvalue weighted by Crippen LogP contribution is 1.74. The van der Waals surface area contributed by atoms with E-state index in [4.69, 9.17) is 20.4 Å². The predicted molar refractivity (Wildman–Crippen MR) is 28.3 cm³/mol. The maximum absolute atomic E-state index is 9.43. The third-order valence-electron chi connectivity index (χ3n) is 0.302. The lowest BCUT2D eigenvalue weighted by Crippen LogP contribution is -2.03. The molecule has 10 heavy (non-hydrogen) atoms. The molecule has 0 saturated heterocycles. The van der Waals surface area contributed by atoms with Gasteiger partial charge in [0.1, 0.15) is 6.42 Å². The molecule has 6 heteroatoms. The van der Waals surface area contributed by atoms with Gasteiger partial charge >= 0.3 is 11.9 Å². The van der Waals surface area contributed by atoms with E-state index in [1.54, 1.807) is 0 Å². The van der Waals surface area contributed by atoms with E-state index >= 15 is 0 Å². The van der Waals surface area contributed by atoms with Gasteiger partial charge in [0, 0.05) is 0 Å². The van der Waals surface area contributed by atoms with Gasteiger partial charge in [-0.15, -0.1) is 0 Å². The smallest absolute Gasteiger partial charge is 0.314 e. The first kappa shape index (κ1) is 11.2. The number of hydrogen-bond donors (Lipinski definition) is 3. The van der Waals surface area contributed by atoms with Crippen molar-refractivity contribution in [2.24, 2.45) is 0 Å². The largest absolute Gasteiger partial charge is 0.481 e. The minimum atomic E-state index is -1.31. The Labute approximate surface area is 55.6 Å². The van der Waals surface area contributed by atoms with Gasteiger partial charge in [-0.05, 0) is 0 Å². The number of aliphatic carboxylic acids is 2. The number of nitrogens with one attached hydrogen (secondary N) is 1. The van der Waals surface area contributed by atoms with E-state index < -0.39 is 18.4 Å². The zero-order chi connectivity index (χ0) is 8.57. The van der Waals surface area contributed by atoms with Crippen molar-refractivity contribution in [2.45, 2.75) is 6.42 Å². The van der Waals surface area contributed by atoms with Crippen molar-refractivity contribution in [3.8, 4) is 0 Å². The lowest BCUT2D eigenvalue weighted by molar-refractivity contribution is -0.147. The highest BCUT2D eigenvalue weighted by Gasteiger charge is 2.01. The SMILES string of the molecule is N=C=O.O=C(O)CC(=O)O. The average Bonchev–Trinajstić information content (AvgIpc) is 1.62. The third kappa shape index (κ3) is 33.2. The van der Waals surface area contributed by atoms with Gasteiger partial charge in [-0.3, -0.25) is 9.59 Å². The zero-order valence-corrected chi connectivity index (χ0v) is 4.83. The van der Waals surface area contributed by atoms with Crippen molar-refractivity contribution < 1.29 is 24.6 Å². The van der Waals surface area contributed by atoms with Gasteiger partial charge in [0.05, 0.1) is 0 Å². The molecule has 0 bridgehead atoms. The molecule has 0 aliphatic rings. The molecule has 0 rings (SSSR count). The third-order valence-corrected chi connectivity index (χ3v) is 0.302. The van der Waals surface area contributed by atoms with Crippen LogP contribution in [0.4, 0.5) is 0 Å². The van der Waals surface area contributed by atoms with Crippen molar-refractivity contribution in [3.05, 3.63) is 0 Å². The summed E-state index contributed by atoms with van der Waals surface area (Å²) < 4.78 is 0. The van der Waals surface area contributed by atoms with Crippen LogP contribution in [-0.4, -0.2) is 28.2 Å². The van der Waals surface area contributed by atoms with Crippen molar-refractivity contribution in [1.29, 1.82) is 5.41 Å². The lowest BCUT2D eigenvalue weighted by atomic mass is 10.5. The van der Waals surface area contributed by atoms with Crippen molar-refractivity contribution in [2.75, 3.05) is 0 Å². The monoisotopic (exact) mass is 147 g/mol. The number of carbonyl (C=O) groups is 2.